The first-order chi connectivity index (χ1) is 15.0. The molecule has 0 fully saturated rings. The van der Waals surface area contributed by atoms with Crippen LogP contribution in [0.5, 0.6) is 17.2 Å². The number of amides is 1. The normalized spacial score (nSPS) is 10.4. The van der Waals surface area contributed by atoms with E-state index < -0.39 is 0 Å². The van der Waals surface area contributed by atoms with Gasteiger partial charge in [-0.1, -0.05) is 23.9 Å². The lowest BCUT2D eigenvalue weighted by Crippen LogP contribution is -2.19. The number of nitrogens with one attached hydrogen (secondary N) is 2. The number of hydrogen-bond donors (Lipinski definition) is 2. The van der Waals surface area contributed by atoms with Crippen molar-refractivity contribution >= 4 is 23.4 Å². The van der Waals surface area contributed by atoms with Gasteiger partial charge >= 0.3 is 0 Å². The average molecular weight is 442 g/mol. The number of carbonyl (C=O) groups is 1. The Labute approximate surface area is 183 Å². The van der Waals surface area contributed by atoms with Gasteiger partial charge in [-0.2, -0.15) is 0 Å². The van der Waals surface area contributed by atoms with E-state index in [2.05, 4.69) is 20.5 Å². The second kappa shape index (κ2) is 10.5. The second-order valence-corrected chi connectivity index (χ2v) is 7.30. The molecule has 0 bridgehead atoms. The number of rotatable bonds is 9. The number of carbonyl (C=O) groups excluding carboxylic acids is 1. The first-order valence-corrected chi connectivity index (χ1v) is 10.2. The lowest BCUT2D eigenvalue weighted by Gasteiger charge is -2.10. The third-order valence-corrected chi connectivity index (χ3v) is 5.15. The highest BCUT2D eigenvalue weighted by Crippen LogP contribution is 2.29. The Morgan fingerprint density at radius 1 is 1.00 bits per heavy atom. The van der Waals surface area contributed by atoms with Crippen LogP contribution in [0.1, 0.15) is 11.3 Å². The minimum absolute atomic E-state index is 0.0524. The van der Waals surface area contributed by atoms with Gasteiger partial charge in [0.1, 0.15) is 11.4 Å². The maximum absolute atomic E-state index is 12.3. The fourth-order valence-electron chi connectivity index (χ4n) is 2.71. The van der Waals surface area contributed by atoms with Crippen LogP contribution in [-0.2, 0) is 11.2 Å². The molecule has 10 heteroatoms. The highest BCUT2D eigenvalue weighted by molar-refractivity contribution is 7.99. The Hall–Kier alpha value is -3.53. The molecule has 0 atom stereocenters. The number of anilines is 1. The van der Waals surface area contributed by atoms with Gasteiger partial charge in [0.15, 0.2) is 16.7 Å². The molecular formula is C21H22N4O5S. The number of H-pyrrole nitrogens is 1. The number of nitrogens with zero attached hydrogens (tertiary/aromatic N) is 2. The number of ether oxygens (including phenoxy) is 3. The number of aromatic amines is 1. The van der Waals surface area contributed by atoms with Crippen molar-refractivity contribution in [3.05, 3.63) is 64.1 Å². The molecule has 9 nitrogen and oxygen atoms in total. The van der Waals surface area contributed by atoms with Crippen LogP contribution in [0.3, 0.4) is 0 Å². The standard InChI is InChI=1S/C21H22N4O5S/c1-28-15-7-4-13(5-8-15)10-16-20(27)23-21(25-24-16)31-12-19(26)22-14-6-9-17(29-2)18(11-14)30-3/h4-9,11H,10,12H2,1-3H3,(H,22,26)(H,23,25,27). The van der Waals surface area contributed by atoms with Crippen LogP contribution < -0.4 is 25.1 Å². The summed E-state index contributed by atoms with van der Waals surface area (Å²) in [5, 5.41) is 11.1. The van der Waals surface area contributed by atoms with E-state index in [1.165, 1.54) is 14.2 Å². The van der Waals surface area contributed by atoms with E-state index in [-0.39, 0.29) is 22.4 Å². The second-order valence-electron chi connectivity index (χ2n) is 6.34. The molecule has 2 N–H and O–H groups in total. The molecule has 162 valence electrons. The molecule has 0 unspecified atom stereocenters. The third kappa shape index (κ3) is 5.98. The maximum Gasteiger partial charge on any atom is 0.273 e. The summed E-state index contributed by atoms with van der Waals surface area (Å²) < 4.78 is 15.5. The monoisotopic (exact) mass is 442 g/mol. The number of aromatic nitrogens is 3. The van der Waals surface area contributed by atoms with E-state index in [9.17, 15) is 9.59 Å². The summed E-state index contributed by atoms with van der Waals surface area (Å²) in [6.07, 6.45) is 0.344. The van der Waals surface area contributed by atoms with Crippen molar-refractivity contribution in [3.8, 4) is 17.2 Å². The summed E-state index contributed by atoms with van der Waals surface area (Å²) in [4.78, 5) is 27.2. The molecular weight excluding hydrogens is 420 g/mol. The maximum atomic E-state index is 12.3. The third-order valence-electron chi connectivity index (χ3n) is 4.28. The molecule has 3 aromatic rings. The van der Waals surface area contributed by atoms with Crippen LogP contribution in [0.15, 0.2) is 52.4 Å². The van der Waals surface area contributed by atoms with E-state index in [0.717, 1.165) is 23.1 Å². The summed E-state index contributed by atoms with van der Waals surface area (Å²) in [7, 11) is 4.65. The molecule has 1 amide bonds. The topological polar surface area (TPSA) is 115 Å². The highest BCUT2D eigenvalue weighted by atomic mass is 32.2. The number of hydrogen-bond acceptors (Lipinski definition) is 8. The summed E-state index contributed by atoms with van der Waals surface area (Å²) >= 11 is 1.09. The van der Waals surface area contributed by atoms with E-state index in [1.807, 2.05) is 24.3 Å². The molecule has 0 radical (unpaired) electrons. The summed E-state index contributed by atoms with van der Waals surface area (Å²) in [5.41, 5.74) is 1.44. The van der Waals surface area contributed by atoms with Crippen LogP contribution in [0.4, 0.5) is 5.69 Å². The minimum atomic E-state index is -0.339. The van der Waals surface area contributed by atoms with Gasteiger partial charge in [-0.15, -0.1) is 10.2 Å². The van der Waals surface area contributed by atoms with Crippen molar-refractivity contribution in [1.82, 2.24) is 15.2 Å². The zero-order valence-corrected chi connectivity index (χ0v) is 18.1. The SMILES string of the molecule is COc1ccc(Cc2nnc(SCC(=O)Nc3ccc(OC)c(OC)c3)[nH]c2=O)cc1. The van der Waals surface area contributed by atoms with Crippen LogP contribution in [0.2, 0.25) is 0 Å². The molecule has 0 spiro atoms. The summed E-state index contributed by atoms with van der Waals surface area (Å²) in [6.45, 7) is 0. The Bertz CT molecular complexity index is 1100. The Kier molecular flexibility index (Phi) is 7.50. The first-order valence-electron chi connectivity index (χ1n) is 9.26. The zero-order valence-electron chi connectivity index (χ0n) is 17.3. The lowest BCUT2D eigenvalue weighted by atomic mass is 10.1. The zero-order chi connectivity index (χ0) is 22.2. The van der Waals surface area contributed by atoms with Crippen molar-refractivity contribution in [3.63, 3.8) is 0 Å². The van der Waals surface area contributed by atoms with Gasteiger partial charge in [0.25, 0.3) is 5.56 Å². The van der Waals surface area contributed by atoms with Crippen molar-refractivity contribution in [2.75, 3.05) is 32.4 Å². The van der Waals surface area contributed by atoms with Crippen LogP contribution in [-0.4, -0.2) is 48.2 Å². The molecule has 0 saturated carbocycles. The molecule has 1 aromatic heterocycles. The van der Waals surface area contributed by atoms with E-state index in [4.69, 9.17) is 14.2 Å². The van der Waals surface area contributed by atoms with Gasteiger partial charge in [-0.25, -0.2) is 0 Å². The van der Waals surface area contributed by atoms with Crippen molar-refractivity contribution in [2.24, 2.45) is 0 Å². The fraction of sp³-hybridized carbons (Fsp3) is 0.238. The van der Waals surface area contributed by atoms with Crippen molar-refractivity contribution in [2.45, 2.75) is 11.6 Å². The number of thioether (sulfide) groups is 1. The Morgan fingerprint density at radius 2 is 1.74 bits per heavy atom. The van der Waals surface area contributed by atoms with Crippen molar-refractivity contribution < 1.29 is 19.0 Å². The van der Waals surface area contributed by atoms with Gasteiger partial charge in [-0.3, -0.25) is 14.6 Å². The molecule has 0 aliphatic heterocycles. The largest absolute Gasteiger partial charge is 0.497 e. The molecule has 31 heavy (non-hydrogen) atoms. The van der Waals surface area contributed by atoms with Crippen LogP contribution in [0.25, 0.3) is 0 Å². The van der Waals surface area contributed by atoms with E-state index in [0.29, 0.717) is 29.3 Å². The smallest absolute Gasteiger partial charge is 0.273 e. The predicted molar refractivity (Wildman–Crippen MR) is 117 cm³/mol. The van der Waals surface area contributed by atoms with Gasteiger partial charge in [0.2, 0.25) is 5.91 Å². The van der Waals surface area contributed by atoms with Gasteiger partial charge in [-0.05, 0) is 29.8 Å². The average Bonchev–Trinajstić information content (AvgIpc) is 2.79. The summed E-state index contributed by atoms with van der Waals surface area (Å²) in [5.74, 6) is 1.61. The number of methoxy groups -OCH3 is 3. The number of benzene rings is 2. The lowest BCUT2D eigenvalue weighted by molar-refractivity contribution is -0.113. The molecule has 2 aromatic carbocycles. The van der Waals surface area contributed by atoms with E-state index in [1.54, 1.807) is 25.3 Å². The molecule has 3 rings (SSSR count). The predicted octanol–water partition coefficient (Wildman–Crippen LogP) is 2.51. The molecule has 0 aliphatic rings. The molecule has 1 heterocycles. The first kappa shape index (κ1) is 22.2. The molecule has 0 aliphatic carbocycles. The summed E-state index contributed by atoms with van der Waals surface area (Å²) in [6, 6.07) is 12.4. The highest BCUT2D eigenvalue weighted by Gasteiger charge is 2.11. The minimum Gasteiger partial charge on any atom is -0.497 e. The molecule has 0 saturated heterocycles. The fourth-order valence-corrected chi connectivity index (χ4v) is 3.31. The van der Waals surface area contributed by atoms with Gasteiger partial charge < -0.3 is 19.5 Å². The van der Waals surface area contributed by atoms with Crippen LogP contribution >= 0.6 is 11.8 Å². The van der Waals surface area contributed by atoms with E-state index >= 15 is 0 Å². The van der Waals surface area contributed by atoms with Gasteiger partial charge in [0.05, 0.1) is 27.1 Å². The Balaban J connectivity index is 1.57. The quantitative estimate of drug-likeness (QED) is 0.486. The Morgan fingerprint density at radius 3 is 2.39 bits per heavy atom. The van der Waals surface area contributed by atoms with Crippen molar-refractivity contribution in [1.29, 1.82) is 0 Å². The van der Waals surface area contributed by atoms with Gasteiger partial charge in [0, 0.05) is 18.2 Å². The van der Waals surface area contributed by atoms with Crippen LogP contribution in [0, 0.1) is 0 Å².